The van der Waals surface area contributed by atoms with Gasteiger partial charge in [-0.05, 0) is 18.7 Å². The molecule has 1 rings (SSSR count). The summed E-state index contributed by atoms with van der Waals surface area (Å²) in [5.74, 6) is 0.183. The summed E-state index contributed by atoms with van der Waals surface area (Å²) in [6, 6.07) is 10.4. The molecule has 7 heteroatoms. The van der Waals surface area contributed by atoms with Crippen LogP contribution in [-0.2, 0) is 4.79 Å². The Morgan fingerprint density at radius 3 is 2.57 bits per heavy atom. The van der Waals surface area contributed by atoms with Gasteiger partial charge in [0.15, 0.2) is 0 Å². The fraction of sp³-hybridized carbons (Fsp3) is 0.438. The fourth-order valence-electron chi connectivity index (χ4n) is 1.94. The minimum atomic E-state index is -0.633. The predicted molar refractivity (Wildman–Crippen MR) is 91.9 cm³/mol. The Kier molecular flexibility index (Phi) is 8.62. The molecule has 0 aliphatic heterocycles. The van der Waals surface area contributed by atoms with Crippen molar-refractivity contribution in [1.29, 1.82) is 5.26 Å². The van der Waals surface area contributed by atoms with Gasteiger partial charge in [-0.2, -0.15) is 17.0 Å². The van der Waals surface area contributed by atoms with E-state index in [-0.39, 0.29) is 24.9 Å². The van der Waals surface area contributed by atoms with Crippen LogP contribution in [0.25, 0.3) is 0 Å². The molecule has 0 saturated heterocycles. The first-order valence-corrected chi connectivity index (χ1v) is 8.73. The van der Waals surface area contributed by atoms with Crippen LogP contribution in [0.3, 0.4) is 0 Å². The van der Waals surface area contributed by atoms with E-state index in [1.54, 1.807) is 0 Å². The average Bonchev–Trinajstić information content (AvgIpc) is 2.55. The highest BCUT2D eigenvalue weighted by Gasteiger charge is 2.20. The van der Waals surface area contributed by atoms with Crippen LogP contribution in [0.1, 0.15) is 24.9 Å². The van der Waals surface area contributed by atoms with Crippen molar-refractivity contribution in [3.8, 4) is 6.07 Å². The fourth-order valence-corrected chi connectivity index (χ4v) is 2.50. The molecule has 0 spiro atoms. The molecule has 0 fully saturated rings. The summed E-state index contributed by atoms with van der Waals surface area (Å²) in [7, 11) is 0. The second-order valence-electron chi connectivity index (χ2n) is 4.96. The van der Waals surface area contributed by atoms with Gasteiger partial charge in [0, 0.05) is 12.3 Å². The highest BCUT2D eigenvalue weighted by molar-refractivity contribution is 7.98. The molecular weight excluding hydrogens is 312 g/mol. The van der Waals surface area contributed by atoms with E-state index in [1.807, 2.05) is 49.6 Å². The van der Waals surface area contributed by atoms with Gasteiger partial charge in [-0.3, -0.25) is 4.79 Å². The molecule has 23 heavy (non-hydrogen) atoms. The van der Waals surface area contributed by atoms with Gasteiger partial charge < -0.3 is 16.0 Å². The van der Waals surface area contributed by atoms with Crippen LogP contribution in [0.15, 0.2) is 30.3 Å². The van der Waals surface area contributed by atoms with Crippen molar-refractivity contribution >= 4 is 23.7 Å². The minimum absolute atomic E-state index is 0.159. The monoisotopic (exact) mass is 334 g/mol. The maximum absolute atomic E-state index is 12.1. The third kappa shape index (κ3) is 7.06. The van der Waals surface area contributed by atoms with Crippen LogP contribution in [0, 0.1) is 11.3 Å². The Bertz CT molecular complexity index is 545. The largest absolute Gasteiger partial charge is 0.353 e. The topological polar surface area (TPSA) is 94.0 Å². The van der Waals surface area contributed by atoms with Crippen LogP contribution < -0.4 is 16.0 Å². The van der Waals surface area contributed by atoms with E-state index < -0.39 is 12.1 Å². The summed E-state index contributed by atoms with van der Waals surface area (Å²) in [5.41, 5.74) is 0.988. The molecule has 1 aromatic carbocycles. The SMILES string of the molecule is CSCC(NC(=O)NC(C)c1ccccc1)C(=O)NCCC#N. The Hall–Kier alpha value is -2.20. The number of nitriles is 1. The van der Waals surface area contributed by atoms with Crippen molar-refractivity contribution in [2.75, 3.05) is 18.6 Å². The van der Waals surface area contributed by atoms with E-state index in [0.29, 0.717) is 5.75 Å². The zero-order valence-corrected chi connectivity index (χ0v) is 14.2. The summed E-state index contributed by atoms with van der Waals surface area (Å²) >= 11 is 1.47. The summed E-state index contributed by atoms with van der Waals surface area (Å²) in [6.07, 6.45) is 2.11. The lowest BCUT2D eigenvalue weighted by Gasteiger charge is -2.20. The van der Waals surface area contributed by atoms with E-state index >= 15 is 0 Å². The first-order valence-electron chi connectivity index (χ1n) is 7.34. The Balaban J connectivity index is 2.53. The van der Waals surface area contributed by atoms with E-state index in [4.69, 9.17) is 5.26 Å². The lowest BCUT2D eigenvalue weighted by atomic mass is 10.1. The van der Waals surface area contributed by atoms with Crippen LogP contribution in [0.4, 0.5) is 4.79 Å². The molecule has 2 atom stereocenters. The highest BCUT2D eigenvalue weighted by atomic mass is 32.2. The molecule has 0 aliphatic rings. The molecule has 6 nitrogen and oxygen atoms in total. The van der Waals surface area contributed by atoms with Crippen molar-refractivity contribution in [2.24, 2.45) is 0 Å². The number of nitrogens with zero attached hydrogens (tertiary/aromatic N) is 1. The van der Waals surface area contributed by atoms with Gasteiger partial charge in [0.2, 0.25) is 5.91 Å². The zero-order valence-electron chi connectivity index (χ0n) is 13.3. The normalized spacial score (nSPS) is 12.6. The van der Waals surface area contributed by atoms with Gasteiger partial charge in [0.1, 0.15) is 6.04 Å². The number of amides is 3. The van der Waals surface area contributed by atoms with Crippen LogP contribution in [0.2, 0.25) is 0 Å². The van der Waals surface area contributed by atoms with Gasteiger partial charge >= 0.3 is 6.03 Å². The first-order chi connectivity index (χ1) is 11.1. The highest BCUT2D eigenvalue weighted by Crippen LogP contribution is 2.10. The molecular formula is C16H22N4O2S. The second-order valence-corrected chi connectivity index (χ2v) is 5.87. The Labute approximate surface area is 141 Å². The Morgan fingerprint density at radius 1 is 1.26 bits per heavy atom. The third-order valence-corrected chi connectivity index (χ3v) is 3.81. The first kappa shape index (κ1) is 18.8. The smallest absolute Gasteiger partial charge is 0.315 e. The van der Waals surface area contributed by atoms with Gasteiger partial charge in [-0.25, -0.2) is 4.79 Å². The van der Waals surface area contributed by atoms with Crippen molar-refractivity contribution in [3.05, 3.63) is 35.9 Å². The van der Waals surface area contributed by atoms with Crippen LogP contribution in [0.5, 0.6) is 0 Å². The number of carbonyl (C=O) groups excluding carboxylic acids is 2. The molecule has 2 unspecified atom stereocenters. The number of carbonyl (C=O) groups is 2. The molecule has 3 amide bonds. The predicted octanol–water partition coefficient (Wildman–Crippen LogP) is 1.81. The van der Waals surface area contributed by atoms with Crippen molar-refractivity contribution in [1.82, 2.24) is 16.0 Å². The molecule has 0 bridgehead atoms. The Morgan fingerprint density at radius 2 is 1.96 bits per heavy atom. The molecule has 0 heterocycles. The standard InChI is InChI=1S/C16H22N4O2S/c1-12(13-7-4-3-5-8-13)19-16(22)20-14(11-23-2)15(21)18-10-6-9-17/h3-5,7-8,12,14H,6,10-11H2,1-2H3,(H,18,21)(H2,19,20,22). The van der Waals surface area contributed by atoms with Gasteiger partial charge in [-0.1, -0.05) is 30.3 Å². The molecule has 3 N–H and O–H groups in total. The molecule has 124 valence electrons. The van der Waals surface area contributed by atoms with Crippen LogP contribution >= 0.6 is 11.8 Å². The van der Waals surface area contributed by atoms with Gasteiger partial charge in [0.25, 0.3) is 0 Å². The van der Waals surface area contributed by atoms with E-state index in [2.05, 4.69) is 16.0 Å². The summed E-state index contributed by atoms with van der Waals surface area (Å²) in [5, 5.41) is 16.6. The number of urea groups is 1. The van der Waals surface area contributed by atoms with Gasteiger partial charge in [-0.15, -0.1) is 0 Å². The molecule has 0 saturated carbocycles. The molecule has 0 radical (unpaired) electrons. The molecule has 0 aromatic heterocycles. The number of nitrogens with one attached hydrogen (secondary N) is 3. The van der Waals surface area contributed by atoms with E-state index in [1.165, 1.54) is 11.8 Å². The lowest BCUT2D eigenvalue weighted by Crippen LogP contribution is -2.51. The van der Waals surface area contributed by atoms with E-state index in [0.717, 1.165) is 5.56 Å². The van der Waals surface area contributed by atoms with E-state index in [9.17, 15) is 9.59 Å². The maximum atomic E-state index is 12.1. The number of thioether (sulfide) groups is 1. The zero-order chi connectivity index (χ0) is 17.1. The van der Waals surface area contributed by atoms with Gasteiger partial charge in [0.05, 0.1) is 18.5 Å². The summed E-state index contributed by atoms with van der Waals surface area (Å²) < 4.78 is 0. The number of rotatable bonds is 8. The number of hydrogen-bond donors (Lipinski definition) is 3. The quantitative estimate of drug-likeness (QED) is 0.632. The third-order valence-electron chi connectivity index (χ3n) is 3.14. The number of hydrogen-bond acceptors (Lipinski definition) is 4. The van der Waals surface area contributed by atoms with Crippen molar-refractivity contribution < 1.29 is 9.59 Å². The average molecular weight is 334 g/mol. The van der Waals surface area contributed by atoms with Crippen molar-refractivity contribution in [3.63, 3.8) is 0 Å². The second kappa shape index (κ2) is 10.5. The lowest BCUT2D eigenvalue weighted by molar-refractivity contribution is -0.122. The van der Waals surface area contributed by atoms with Crippen molar-refractivity contribution in [2.45, 2.75) is 25.4 Å². The number of benzene rings is 1. The molecule has 0 aliphatic carbocycles. The summed E-state index contributed by atoms with van der Waals surface area (Å²) in [6.45, 7) is 2.16. The molecule has 1 aromatic rings. The maximum Gasteiger partial charge on any atom is 0.315 e. The van der Waals surface area contributed by atoms with Crippen LogP contribution in [-0.4, -0.2) is 36.5 Å². The minimum Gasteiger partial charge on any atom is -0.353 e. The summed E-state index contributed by atoms with van der Waals surface area (Å²) in [4.78, 5) is 24.1.